The van der Waals surface area contributed by atoms with E-state index in [9.17, 15) is 0 Å². The zero-order valence-electron chi connectivity index (χ0n) is 16.3. The highest BCUT2D eigenvalue weighted by Crippen LogP contribution is 2.16. The van der Waals surface area contributed by atoms with Crippen LogP contribution < -0.4 is 9.13 Å². The summed E-state index contributed by atoms with van der Waals surface area (Å²) in [6.45, 7) is 3.98. The van der Waals surface area contributed by atoms with E-state index >= 15 is 0 Å². The highest BCUT2D eigenvalue weighted by Gasteiger charge is 2.07. The van der Waals surface area contributed by atoms with E-state index in [0.29, 0.717) is 0 Å². The molecule has 2 heterocycles. The summed E-state index contributed by atoms with van der Waals surface area (Å²) in [4.78, 5) is 0. The first-order valence-corrected chi connectivity index (χ1v) is 9.90. The smallest absolute Gasteiger partial charge is 0.173 e. The summed E-state index contributed by atoms with van der Waals surface area (Å²) in [6.07, 6.45) is 9.71. The van der Waals surface area contributed by atoms with E-state index in [4.69, 9.17) is 0 Å². The Kier molecular flexibility index (Phi) is 5.58. The maximum absolute atomic E-state index is 2.23. The Balaban J connectivity index is 1.43. The number of nitrogens with zero attached hydrogens (tertiary/aromatic N) is 2. The summed E-state index contributed by atoms with van der Waals surface area (Å²) >= 11 is 0. The van der Waals surface area contributed by atoms with Crippen LogP contribution in [0.5, 0.6) is 0 Å². The van der Waals surface area contributed by atoms with Crippen molar-refractivity contribution in [1.29, 1.82) is 0 Å². The van der Waals surface area contributed by atoms with Crippen molar-refractivity contribution in [2.75, 3.05) is 0 Å². The molecule has 138 valence electrons. The quantitative estimate of drug-likeness (QED) is 0.441. The van der Waals surface area contributed by atoms with Crippen LogP contribution in [0.25, 0.3) is 11.1 Å². The SMILES string of the molecule is CCc1ccc(C[n+]2ccc(-c3cc[n+](Cc4ccccc4)cc3)cc2)cc1. The minimum Gasteiger partial charge on any atom is -0.201 e. The van der Waals surface area contributed by atoms with Crippen LogP contribution in [0.4, 0.5) is 0 Å². The third kappa shape index (κ3) is 4.52. The lowest BCUT2D eigenvalue weighted by molar-refractivity contribution is -0.688. The predicted octanol–water partition coefficient (Wildman–Crippen LogP) is 4.59. The van der Waals surface area contributed by atoms with Gasteiger partial charge in [0.1, 0.15) is 0 Å². The Morgan fingerprint density at radius 1 is 0.500 bits per heavy atom. The topological polar surface area (TPSA) is 7.76 Å². The van der Waals surface area contributed by atoms with Crippen LogP contribution in [0.2, 0.25) is 0 Å². The molecule has 0 fully saturated rings. The fourth-order valence-corrected chi connectivity index (χ4v) is 3.40. The van der Waals surface area contributed by atoms with Crippen molar-refractivity contribution in [3.05, 3.63) is 120 Å². The molecule has 0 aliphatic heterocycles. The van der Waals surface area contributed by atoms with Gasteiger partial charge in [-0.15, -0.1) is 0 Å². The number of aromatic nitrogens is 2. The first kappa shape index (κ1) is 18.1. The second-order valence-corrected chi connectivity index (χ2v) is 7.17. The van der Waals surface area contributed by atoms with Gasteiger partial charge in [-0.25, -0.2) is 9.13 Å². The molecule has 0 N–H and O–H groups in total. The maximum atomic E-state index is 2.23. The summed E-state index contributed by atoms with van der Waals surface area (Å²) in [5.41, 5.74) is 6.51. The van der Waals surface area contributed by atoms with Gasteiger partial charge in [0.15, 0.2) is 37.9 Å². The second kappa shape index (κ2) is 8.62. The Bertz CT molecular complexity index is 1000. The Labute approximate surface area is 167 Å². The molecule has 2 heteroatoms. The molecule has 0 amide bonds. The molecule has 0 unspecified atom stereocenters. The fourth-order valence-electron chi connectivity index (χ4n) is 3.40. The van der Waals surface area contributed by atoms with E-state index in [1.54, 1.807) is 0 Å². The number of benzene rings is 2. The molecule has 2 aromatic carbocycles. The van der Waals surface area contributed by atoms with Crippen LogP contribution in [-0.2, 0) is 19.5 Å². The lowest BCUT2D eigenvalue weighted by atomic mass is 10.1. The molecule has 0 aliphatic carbocycles. The van der Waals surface area contributed by atoms with Crippen molar-refractivity contribution >= 4 is 0 Å². The summed E-state index contributed by atoms with van der Waals surface area (Å²) in [5.74, 6) is 0. The minimum atomic E-state index is 0.896. The minimum absolute atomic E-state index is 0.896. The van der Waals surface area contributed by atoms with Crippen molar-refractivity contribution in [3.63, 3.8) is 0 Å². The molecule has 0 radical (unpaired) electrons. The molecular formula is C26H26N2+2. The molecule has 0 atom stereocenters. The van der Waals surface area contributed by atoms with Crippen molar-refractivity contribution in [3.8, 4) is 11.1 Å². The molecule has 0 saturated heterocycles. The zero-order chi connectivity index (χ0) is 19.2. The summed E-state index contributed by atoms with van der Waals surface area (Å²) in [7, 11) is 0. The van der Waals surface area contributed by atoms with Gasteiger partial charge < -0.3 is 0 Å². The largest absolute Gasteiger partial charge is 0.201 e. The third-order valence-corrected chi connectivity index (χ3v) is 5.12. The van der Waals surface area contributed by atoms with Crippen molar-refractivity contribution in [2.24, 2.45) is 0 Å². The van der Waals surface area contributed by atoms with Crippen molar-refractivity contribution < 1.29 is 9.13 Å². The Morgan fingerprint density at radius 3 is 1.39 bits per heavy atom. The van der Waals surface area contributed by atoms with E-state index in [0.717, 1.165) is 19.5 Å². The standard InChI is InChI=1S/C26H26N2/c1-2-22-8-10-24(11-9-22)21-28-18-14-26(15-19-28)25-12-16-27(17-13-25)20-23-6-4-3-5-7-23/h3-19H,2,20-21H2,1H3/q+2. The normalized spacial score (nSPS) is 10.8. The van der Waals surface area contributed by atoms with E-state index in [2.05, 4.69) is 120 Å². The number of hydrogen-bond donors (Lipinski definition) is 0. The number of hydrogen-bond acceptors (Lipinski definition) is 0. The summed E-state index contributed by atoms with van der Waals surface area (Å²) in [5, 5.41) is 0. The highest BCUT2D eigenvalue weighted by molar-refractivity contribution is 5.60. The predicted molar refractivity (Wildman–Crippen MR) is 113 cm³/mol. The van der Waals surface area contributed by atoms with Gasteiger partial charge in [0, 0.05) is 35.4 Å². The van der Waals surface area contributed by atoms with Gasteiger partial charge in [-0.1, -0.05) is 61.5 Å². The van der Waals surface area contributed by atoms with Gasteiger partial charge in [-0.2, -0.15) is 0 Å². The van der Waals surface area contributed by atoms with Gasteiger partial charge in [-0.3, -0.25) is 0 Å². The average molecular weight is 367 g/mol. The monoisotopic (exact) mass is 366 g/mol. The van der Waals surface area contributed by atoms with Crippen LogP contribution >= 0.6 is 0 Å². The maximum Gasteiger partial charge on any atom is 0.173 e. The van der Waals surface area contributed by atoms with Crippen molar-refractivity contribution in [2.45, 2.75) is 26.4 Å². The van der Waals surface area contributed by atoms with Crippen molar-refractivity contribution in [1.82, 2.24) is 0 Å². The fraction of sp³-hybridized carbons (Fsp3) is 0.154. The van der Waals surface area contributed by atoms with Gasteiger partial charge in [0.25, 0.3) is 0 Å². The number of rotatable bonds is 6. The van der Waals surface area contributed by atoms with Gasteiger partial charge in [-0.05, 0) is 23.1 Å². The van der Waals surface area contributed by atoms with Gasteiger partial charge in [0.05, 0.1) is 0 Å². The Morgan fingerprint density at radius 2 is 0.929 bits per heavy atom. The van der Waals surface area contributed by atoms with Gasteiger partial charge in [0.2, 0.25) is 0 Å². The molecule has 0 bridgehead atoms. The molecule has 2 nitrogen and oxygen atoms in total. The number of pyridine rings is 2. The van der Waals surface area contributed by atoms with E-state index < -0.39 is 0 Å². The molecule has 28 heavy (non-hydrogen) atoms. The van der Waals surface area contributed by atoms with Crippen LogP contribution in [0.3, 0.4) is 0 Å². The third-order valence-electron chi connectivity index (χ3n) is 5.12. The van der Waals surface area contributed by atoms with E-state index in [-0.39, 0.29) is 0 Å². The molecule has 0 spiro atoms. The van der Waals surface area contributed by atoms with Crippen LogP contribution in [-0.4, -0.2) is 0 Å². The van der Waals surface area contributed by atoms with Crippen LogP contribution in [0.1, 0.15) is 23.6 Å². The summed E-state index contributed by atoms with van der Waals surface area (Å²) < 4.78 is 4.44. The molecular weight excluding hydrogens is 340 g/mol. The molecule has 0 aliphatic rings. The lowest BCUT2D eigenvalue weighted by Crippen LogP contribution is -2.33. The molecule has 0 saturated carbocycles. The highest BCUT2D eigenvalue weighted by atomic mass is 14.9. The first-order valence-electron chi connectivity index (χ1n) is 9.90. The van der Waals surface area contributed by atoms with Crippen LogP contribution in [0.15, 0.2) is 104 Å². The summed E-state index contributed by atoms with van der Waals surface area (Å²) in [6, 6.07) is 28.2. The second-order valence-electron chi connectivity index (χ2n) is 7.17. The lowest BCUT2D eigenvalue weighted by Gasteiger charge is -2.03. The zero-order valence-corrected chi connectivity index (χ0v) is 16.3. The average Bonchev–Trinajstić information content (AvgIpc) is 2.76. The van der Waals surface area contributed by atoms with Gasteiger partial charge >= 0.3 is 0 Å². The molecule has 2 aromatic heterocycles. The number of aryl methyl sites for hydroxylation is 1. The first-order chi connectivity index (χ1) is 13.8. The Hall–Kier alpha value is -3.26. The van der Waals surface area contributed by atoms with E-state index in [1.165, 1.54) is 27.8 Å². The molecule has 4 rings (SSSR count). The van der Waals surface area contributed by atoms with Crippen LogP contribution in [0, 0.1) is 0 Å². The molecule has 4 aromatic rings. The van der Waals surface area contributed by atoms with E-state index in [1.807, 2.05) is 0 Å².